The molecular formula is C25H27ClN2O5S. The predicted octanol–water partition coefficient (Wildman–Crippen LogP) is 4.52. The van der Waals surface area contributed by atoms with E-state index in [0.29, 0.717) is 23.0 Å². The molecule has 9 heteroatoms. The van der Waals surface area contributed by atoms with Gasteiger partial charge in [-0.3, -0.25) is 9.10 Å². The van der Waals surface area contributed by atoms with Crippen molar-refractivity contribution in [3.63, 3.8) is 0 Å². The van der Waals surface area contributed by atoms with Gasteiger partial charge in [-0.2, -0.15) is 0 Å². The topological polar surface area (TPSA) is 76.2 Å². The van der Waals surface area contributed by atoms with Crippen molar-refractivity contribution < 1.29 is 22.7 Å². The molecule has 0 saturated heterocycles. The second-order valence-corrected chi connectivity index (χ2v) is 10.0. The van der Waals surface area contributed by atoms with Crippen LogP contribution in [0.3, 0.4) is 0 Å². The normalized spacial score (nSPS) is 11.1. The monoisotopic (exact) mass is 502 g/mol. The van der Waals surface area contributed by atoms with Crippen LogP contribution in [0.4, 0.5) is 5.69 Å². The van der Waals surface area contributed by atoms with Crippen molar-refractivity contribution >= 4 is 33.2 Å². The number of anilines is 1. The van der Waals surface area contributed by atoms with Gasteiger partial charge in [-0.25, -0.2) is 8.42 Å². The second-order valence-electron chi connectivity index (χ2n) is 7.74. The number of sulfonamides is 1. The van der Waals surface area contributed by atoms with Crippen LogP contribution < -0.4 is 13.8 Å². The van der Waals surface area contributed by atoms with E-state index in [0.717, 1.165) is 15.4 Å². The van der Waals surface area contributed by atoms with Crippen LogP contribution in [0.2, 0.25) is 5.02 Å². The molecule has 0 N–H and O–H groups in total. The van der Waals surface area contributed by atoms with E-state index in [9.17, 15) is 13.2 Å². The van der Waals surface area contributed by atoms with Crippen LogP contribution >= 0.6 is 11.6 Å². The zero-order valence-electron chi connectivity index (χ0n) is 19.5. The van der Waals surface area contributed by atoms with Gasteiger partial charge in [0.05, 0.1) is 24.8 Å². The summed E-state index contributed by atoms with van der Waals surface area (Å²) in [6.07, 6.45) is 0. The average molecular weight is 503 g/mol. The number of halogens is 1. The number of hydrogen-bond acceptors (Lipinski definition) is 5. The Bertz CT molecular complexity index is 1250. The van der Waals surface area contributed by atoms with Crippen LogP contribution in [0.5, 0.6) is 11.5 Å². The van der Waals surface area contributed by atoms with Gasteiger partial charge in [0.15, 0.2) is 11.5 Å². The van der Waals surface area contributed by atoms with Crippen LogP contribution in [0.15, 0.2) is 71.6 Å². The zero-order chi connectivity index (χ0) is 24.9. The fraction of sp³-hybridized carbons (Fsp3) is 0.240. The minimum absolute atomic E-state index is 0.0333. The number of likely N-dealkylation sites (N-methyl/N-ethyl adjacent to an activating group) is 1. The summed E-state index contributed by atoms with van der Waals surface area (Å²) in [5.41, 5.74) is 2.38. The molecule has 0 aliphatic carbocycles. The highest BCUT2D eigenvalue weighted by Gasteiger charge is 2.29. The third-order valence-corrected chi connectivity index (χ3v) is 7.32. The number of ether oxygens (including phenoxy) is 2. The number of hydrogen-bond donors (Lipinski definition) is 0. The van der Waals surface area contributed by atoms with Crippen molar-refractivity contribution in [3.05, 3.63) is 82.9 Å². The van der Waals surface area contributed by atoms with Crippen molar-refractivity contribution in [3.8, 4) is 11.5 Å². The molecule has 0 atom stereocenters. The lowest BCUT2D eigenvalue weighted by Crippen LogP contribution is -2.41. The van der Waals surface area contributed by atoms with Crippen molar-refractivity contribution in [2.75, 3.05) is 32.1 Å². The number of carbonyl (C=O) groups excluding carboxylic acids is 1. The van der Waals surface area contributed by atoms with E-state index in [1.165, 1.54) is 37.3 Å². The van der Waals surface area contributed by atoms with Crippen LogP contribution in [-0.2, 0) is 21.4 Å². The number of rotatable bonds is 9. The lowest BCUT2D eigenvalue weighted by Gasteiger charge is -2.27. The van der Waals surface area contributed by atoms with Crippen LogP contribution in [-0.4, -0.2) is 47.0 Å². The van der Waals surface area contributed by atoms with Gasteiger partial charge in [-0.05, 0) is 48.9 Å². The first-order valence-corrected chi connectivity index (χ1v) is 12.3. The predicted molar refractivity (Wildman–Crippen MR) is 133 cm³/mol. The molecule has 0 spiro atoms. The molecule has 0 bridgehead atoms. The maximum Gasteiger partial charge on any atom is 0.264 e. The molecule has 3 aromatic carbocycles. The zero-order valence-corrected chi connectivity index (χ0v) is 21.1. The summed E-state index contributed by atoms with van der Waals surface area (Å²) < 4.78 is 38.9. The first-order chi connectivity index (χ1) is 16.1. The van der Waals surface area contributed by atoms with E-state index in [-0.39, 0.29) is 23.1 Å². The molecule has 7 nitrogen and oxygen atoms in total. The van der Waals surface area contributed by atoms with Gasteiger partial charge in [-0.1, -0.05) is 41.4 Å². The van der Waals surface area contributed by atoms with Gasteiger partial charge in [0.1, 0.15) is 6.54 Å². The number of aryl methyl sites for hydroxylation is 1. The lowest BCUT2D eigenvalue weighted by atomic mass is 10.1. The largest absolute Gasteiger partial charge is 0.493 e. The Hall–Kier alpha value is -3.23. The smallest absolute Gasteiger partial charge is 0.264 e. The Balaban J connectivity index is 1.94. The van der Waals surface area contributed by atoms with E-state index in [1.807, 2.05) is 31.2 Å². The standard InChI is InChI=1S/C25H27ClN2O5S/c1-18-5-7-19(8-6-18)16-27(2)25(29)17-28(21-11-9-20(26)10-12-21)34(30,31)22-13-14-23(32-3)24(15-22)33-4/h5-15H,16-17H2,1-4H3. The highest BCUT2D eigenvalue weighted by molar-refractivity contribution is 7.92. The quantitative estimate of drug-likeness (QED) is 0.430. The van der Waals surface area contributed by atoms with Crippen molar-refractivity contribution in [2.24, 2.45) is 0 Å². The summed E-state index contributed by atoms with van der Waals surface area (Å²) in [5, 5.41) is 0.454. The SMILES string of the molecule is COc1ccc(S(=O)(=O)N(CC(=O)N(C)Cc2ccc(C)cc2)c2ccc(Cl)cc2)cc1OC. The Morgan fingerprint density at radius 3 is 2.12 bits per heavy atom. The Morgan fingerprint density at radius 2 is 1.53 bits per heavy atom. The van der Waals surface area contributed by atoms with Crippen LogP contribution in [0.1, 0.15) is 11.1 Å². The maximum absolute atomic E-state index is 13.7. The minimum Gasteiger partial charge on any atom is -0.493 e. The molecular weight excluding hydrogens is 476 g/mol. The molecule has 0 saturated carbocycles. The summed E-state index contributed by atoms with van der Waals surface area (Å²) in [4.78, 5) is 14.6. The Labute approximate surface area is 205 Å². The van der Waals surface area contributed by atoms with E-state index in [2.05, 4.69) is 0 Å². The maximum atomic E-state index is 13.7. The van der Waals surface area contributed by atoms with Gasteiger partial charge in [0.25, 0.3) is 10.0 Å². The van der Waals surface area contributed by atoms with Gasteiger partial charge in [0, 0.05) is 24.7 Å². The summed E-state index contributed by atoms with van der Waals surface area (Å²) in [7, 11) is 0.412. The average Bonchev–Trinajstić information content (AvgIpc) is 2.83. The van der Waals surface area contributed by atoms with Crippen molar-refractivity contribution in [1.82, 2.24) is 4.90 Å². The highest BCUT2D eigenvalue weighted by atomic mass is 35.5. The van der Waals surface area contributed by atoms with Crippen LogP contribution in [0, 0.1) is 6.92 Å². The van der Waals surface area contributed by atoms with E-state index in [4.69, 9.17) is 21.1 Å². The molecule has 0 unspecified atom stereocenters. The van der Waals surface area contributed by atoms with Gasteiger partial charge in [-0.15, -0.1) is 0 Å². The molecule has 180 valence electrons. The molecule has 0 aromatic heterocycles. The first kappa shape index (κ1) is 25.4. The van der Waals surface area contributed by atoms with Gasteiger partial charge >= 0.3 is 0 Å². The lowest BCUT2D eigenvalue weighted by molar-refractivity contribution is -0.128. The number of carbonyl (C=O) groups is 1. The van der Waals surface area contributed by atoms with E-state index in [1.54, 1.807) is 31.3 Å². The molecule has 1 amide bonds. The summed E-state index contributed by atoms with van der Waals surface area (Å²) >= 11 is 6.00. The Kier molecular flexibility index (Phi) is 8.06. The molecule has 0 fully saturated rings. The third-order valence-electron chi connectivity index (χ3n) is 5.30. The summed E-state index contributed by atoms with van der Waals surface area (Å²) in [6, 6.07) is 18.4. The van der Waals surface area contributed by atoms with E-state index >= 15 is 0 Å². The molecule has 3 rings (SSSR count). The van der Waals surface area contributed by atoms with E-state index < -0.39 is 10.0 Å². The third kappa shape index (κ3) is 5.81. The van der Waals surface area contributed by atoms with Gasteiger partial charge < -0.3 is 14.4 Å². The number of nitrogens with zero attached hydrogens (tertiary/aromatic N) is 2. The van der Waals surface area contributed by atoms with Crippen LogP contribution in [0.25, 0.3) is 0 Å². The minimum atomic E-state index is -4.12. The molecule has 0 aliphatic heterocycles. The molecule has 0 heterocycles. The molecule has 0 aliphatic rings. The fourth-order valence-corrected chi connectivity index (χ4v) is 4.88. The molecule has 3 aromatic rings. The number of benzene rings is 3. The van der Waals surface area contributed by atoms with Crippen molar-refractivity contribution in [2.45, 2.75) is 18.4 Å². The first-order valence-electron chi connectivity index (χ1n) is 10.5. The fourth-order valence-electron chi connectivity index (χ4n) is 3.33. The Morgan fingerprint density at radius 1 is 0.912 bits per heavy atom. The molecule has 0 radical (unpaired) electrons. The molecule has 34 heavy (non-hydrogen) atoms. The highest BCUT2D eigenvalue weighted by Crippen LogP contribution is 2.32. The summed E-state index contributed by atoms with van der Waals surface area (Å²) in [6.45, 7) is 1.95. The number of amides is 1. The second kappa shape index (κ2) is 10.8. The van der Waals surface area contributed by atoms with Gasteiger partial charge in [0.2, 0.25) is 5.91 Å². The summed E-state index contributed by atoms with van der Waals surface area (Å²) in [5.74, 6) is 0.301. The van der Waals surface area contributed by atoms with Crippen molar-refractivity contribution in [1.29, 1.82) is 0 Å². The number of methoxy groups -OCH3 is 2.